The molecule has 0 heterocycles. The summed E-state index contributed by atoms with van der Waals surface area (Å²) in [6.45, 7) is 5.71. The minimum Gasteiger partial charge on any atom is -0.550 e. The van der Waals surface area contributed by atoms with Crippen molar-refractivity contribution in [2.45, 2.75) is 32.6 Å². The van der Waals surface area contributed by atoms with E-state index in [2.05, 4.69) is 11.9 Å². The lowest BCUT2D eigenvalue weighted by atomic mass is 10.2. The van der Waals surface area contributed by atoms with E-state index in [9.17, 15) is 14.7 Å². The minimum atomic E-state index is -1.02. The topological polar surface area (TPSA) is 69.2 Å². The first-order valence-corrected chi connectivity index (χ1v) is 4.67. The number of carboxylic acids is 1. The number of aliphatic carboxylic acids is 1. The molecule has 1 N–H and O–H groups in total. The van der Waals surface area contributed by atoms with Gasteiger partial charge in [0.05, 0.1) is 0 Å². The number of rotatable bonds is 7. The van der Waals surface area contributed by atoms with Gasteiger partial charge in [-0.3, -0.25) is 4.79 Å². The van der Waals surface area contributed by atoms with Crippen molar-refractivity contribution in [3.05, 3.63) is 12.2 Å². The molecule has 0 spiro atoms. The molecule has 4 nitrogen and oxygen atoms in total. The Bertz CT molecular complexity index is 223. The fourth-order valence-corrected chi connectivity index (χ4v) is 0.924. The van der Waals surface area contributed by atoms with Gasteiger partial charge in [-0.1, -0.05) is 13.0 Å². The zero-order chi connectivity index (χ0) is 11.0. The molecule has 0 atom stereocenters. The van der Waals surface area contributed by atoms with E-state index in [1.165, 1.54) is 0 Å². The zero-order valence-electron chi connectivity index (χ0n) is 8.47. The van der Waals surface area contributed by atoms with Crippen LogP contribution in [0, 0.1) is 0 Å². The summed E-state index contributed by atoms with van der Waals surface area (Å²) in [6.07, 6.45) is 2.26. The lowest BCUT2D eigenvalue weighted by Gasteiger charge is -2.04. The van der Waals surface area contributed by atoms with Gasteiger partial charge in [-0.2, -0.15) is 0 Å². The lowest BCUT2D eigenvalue weighted by Crippen LogP contribution is -2.25. The van der Waals surface area contributed by atoms with Gasteiger partial charge in [-0.15, -0.1) is 0 Å². The number of unbranched alkanes of at least 4 members (excludes halogenated alkanes) is 2. The van der Waals surface area contributed by atoms with Gasteiger partial charge in [-0.25, -0.2) is 0 Å². The van der Waals surface area contributed by atoms with Crippen molar-refractivity contribution in [2.24, 2.45) is 0 Å². The highest BCUT2D eigenvalue weighted by molar-refractivity contribution is 5.91. The Labute approximate surface area is 84.0 Å². The van der Waals surface area contributed by atoms with Crippen LogP contribution in [0.5, 0.6) is 0 Å². The summed E-state index contributed by atoms with van der Waals surface area (Å²) in [7, 11) is 0. The Hall–Kier alpha value is -1.32. The van der Waals surface area contributed by atoms with E-state index >= 15 is 0 Å². The first-order chi connectivity index (χ1) is 6.54. The number of hydrogen-bond donors (Lipinski definition) is 1. The van der Waals surface area contributed by atoms with Crippen LogP contribution in [0.1, 0.15) is 32.6 Å². The fraction of sp³-hybridized carbons (Fsp3) is 0.600. The van der Waals surface area contributed by atoms with E-state index in [4.69, 9.17) is 0 Å². The van der Waals surface area contributed by atoms with Gasteiger partial charge >= 0.3 is 0 Å². The summed E-state index contributed by atoms with van der Waals surface area (Å²) in [5.41, 5.74) is 0.486. The van der Waals surface area contributed by atoms with Gasteiger partial charge in [0, 0.05) is 18.1 Å². The van der Waals surface area contributed by atoms with E-state index in [1.54, 1.807) is 6.92 Å². The van der Waals surface area contributed by atoms with E-state index in [1.807, 2.05) is 0 Å². The van der Waals surface area contributed by atoms with E-state index < -0.39 is 5.97 Å². The molecule has 0 rings (SSSR count). The van der Waals surface area contributed by atoms with Gasteiger partial charge < -0.3 is 15.2 Å². The third-order valence-corrected chi connectivity index (χ3v) is 1.73. The molecule has 14 heavy (non-hydrogen) atoms. The van der Waals surface area contributed by atoms with E-state index in [0.717, 1.165) is 12.8 Å². The maximum atomic E-state index is 11.0. The summed E-state index contributed by atoms with van der Waals surface area (Å²) < 4.78 is 0. The molecule has 0 bridgehead atoms. The molecule has 0 saturated heterocycles. The molecule has 0 aromatic carbocycles. The second-order valence-corrected chi connectivity index (χ2v) is 3.22. The van der Waals surface area contributed by atoms with Crippen LogP contribution in [0.15, 0.2) is 12.2 Å². The number of carbonyl (C=O) groups is 2. The van der Waals surface area contributed by atoms with Crippen molar-refractivity contribution in [1.82, 2.24) is 5.32 Å². The Morgan fingerprint density at radius 2 is 1.93 bits per heavy atom. The highest BCUT2D eigenvalue weighted by Crippen LogP contribution is 1.97. The molecule has 80 valence electrons. The summed E-state index contributed by atoms with van der Waals surface area (Å²) in [4.78, 5) is 21.0. The lowest BCUT2D eigenvalue weighted by molar-refractivity contribution is -0.305. The summed E-state index contributed by atoms with van der Waals surface area (Å²) in [6, 6.07) is 0. The summed E-state index contributed by atoms with van der Waals surface area (Å²) in [5.74, 6) is -1.17. The van der Waals surface area contributed by atoms with Crippen LogP contribution in [-0.2, 0) is 9.59 Å². The quantitative estimate of drug-likeness (QED) is 0.462. The highest BCUT2D eigenvalue weighted by Gasteiger charge is 1.98. The normalized spacial score (nSPS) is 9.50. The molecule has 0 aromatic rings. The maximum absolute atomic E-state index is 11.0. The van der Waals surface area contributed by atoms with Crippen LogP contribution in [0.25, 0.3) is 0 Å². The van der Waals surface area contributed by atoms with Gasteiger partial charge in [0.15, 0.2) is 0 Å². The van der Waals surface area contributed by atoms with Crippen LogP contribution >= 0.6 is 0 Å². The molecule has 0 saturated carbocycles. The average Bonchev–Trinajstić information content (AvgIpc) is 2.09. The fourth-order valence-electron chi connectivity index (χ4n) is 0.924. The number of amides is 1. The molecule has 1 amide bonds. The van der Waals surface area contributed by atoms with Crippen molar-refractivity contribution in [3.63, 3.8) is 0 Å². The predicted octanol–water partition coefficient (Wildman–Crippen LogP) is -0.0110. The first kappa shape index (κ1) is 12.7. The Kier molecular flexibility index (Phi) is 6.45. The van der Waals surface area contributed by atoms with Crippen molar-refractivity contribution in [3.8, 4) is 0 Å². The molecular weight excluding hydrogens is 182 g/mol. The van der Waals surface area contributed by atoms with Gasteiger partial charge in [0.1, 0.15) is 0 Å². The average molecular weight is 198 g/mol. The Balaban J connectivity index is 3.26. The van der Waals surface area contributed by atoms with Gasteiger partial charge in [0.25, 0.3) is 0 Å². The second-order valence-electron chi connectivity index (χ2n) is 3.22. The minimum absolute atomic E-state index is 0.0917. The third kappa shape index (κ3) is 7.34. The van der Waals surface area contributed by atoms with Crippen LogP contribution in [0.3, 0.4) is 0 Å². The first-order valence-electron chi connectivity index (χ1n) is 4.67. The molecule has 0 aliphatic rings. The van der Waals surface area contributed by atoms with Crippen LogP contribution in [0.4, 0.5) is 0 Å². The highest BCUT2D eigenvalue weighted by atomic mass is 16.4. The number of hydrogen-bond acceptors (Lipinski definition) is 3. The van der Waals surface area contributed by atoms with Crippen LogP contribution in [0.2, 0.25) is 0 Å². The molecule has 0 aromatic heterocycles. The van der Waals surface area contributed by atoms with Gasteiger partial charge in [0.2, 0.25) is 5.91 Å². The largest absolute Gasteiger partial charge is 0.550 e. The summed E-state index contributed by atoms with van der Waals surface area (Å²) >= 11 is 0. The molecule has 0 radical (unpaired) electrons. The molecule has 0 aliphatic heterocycles. The van der Waals surface area contributed by atoms with E-state index in [-0.39, 0.29) is 12.3 Å². The zero-order valence-corrected chi connectivity index (χ0v) is 8.47. The van der Waals surface area contributed by atoms with Crippen LogP contribution < -0.4 is 10.4 Å². The second kappa shape index (κ2) is 7.12. The van der Waals surface area contributed by atoms with Crippen molar-refractivity contribution in [1.29, 1.82) is 0 Å². The Morgan fingerprint density at radius 1 is 1.29 bits per heavy atom. The maximum Gasteiger partial charge on any atom is 0.246 e. The van der Waals surface area contributed by atoms with Crippen molar-refractivity contribution < 1.29 is 14.7 Å². The third-order valence-electron chi connectivity index (χ3n) is 1.73. The van der Waals surface area contributed by atoms with Gasteiger partial charge in [-0.05, 0) is 26.2 Å². The molecule has 0 fully saturated rings. The van der Waals surface area contributed by atoms with Crippen molar-refractivity contribution in [2.75, 3.05) is 6.54 Å². The van der Waals surface area contributed by atoms with E-state index in [0.29, 0.717) is 18.5 Å². The monoisotopic (exact) mass is 198 g/mol. The predicted molar refractivity (Wildman–Crippen MR) is 51.3 cm³/mol. The SMILES string of the molecule is C=C(C)C(=O)NCCCCCC(=O)[O-]. The number of nitrogens with one attached hydrogen (secondary N) is 1. The molecule has 4 heteroatoms. The smallest absolute Gasteiger partial charge is 0.246 e. The summed E-state index contributed by atoms with van der Waals surface area (Å²) in [5, 5.41) is 12.7. The number of carboxylic acid groups (broad SMARTS) is 1. The number of carbonyl (C=O) groups excluding carboxylic acids is 2. The molecule has 0 aliphatic carbocycles. The molecule has 0 unspecified atom stereocenters. The Morgan fingerprint density at radius 3 is 2.43 bits per heavy atom. The van der Waals surface area contributed by atoms with Crippen molar-refractivity contribution >= 4 is 11.9 Å². The standard InChI is InChI=1S/C10H17NO3/c1-8(2)10(14)11-7-5-3-4-6-9(12)13/h1,3-7H2,2H3,(H,11,14)(H,12,13)/p-1. The molecular formula is C10H16NO3-. The van der Waals surface area contributed by atoms with Crippen LogP contribution in [-0.4, -0.2) is 18.4 Å².